The summed E-state index contributed by atoms with van der Waals surface area (Å²) in [6.45, 7) is 0. The van der Waals surface area contributed by atoms with Crippen LogP contribution in [0.4, 0.5) is 0 Å². The Hall–Kier alpha value is -7.30. The lowest BCUT2D eigenvalue weighted by molar-refractivity contribution is 0.648. The van der Waals surface area contributed by atoms with Gasteiger partial charge in [-0.2, -0.15) is 0 Å². The summed E-state index contributed by atoms with van der Waals surface area (Å²) in [6.07, 6.45) is 9.90. The van der Waals surface area contributed by atoms with Crippen LogP contribution >= 0.6 is 0 Å². The standard InChI is InChI=1S/C52H36N4/c1-4-15-35(16-5-1)38-19-14-20-39(33-38)52-53-45(36-17-6-2-7-18-36)34-46(54-52)37-27-29-41(30-28-37)56-47-25-12-10-23-42(47)43-31-32-49-50(51(43)56)44-24-11-13-26-48(44)55(49)40-21-8-3-9-22-40/h1-21,23-34,40H,22H2. The molecule has 0 fully saturated rings. The molecule has 3 heterocycles. The fourth-order valence-corrected chi connectivity index (χ4v) is 8.65. The van der Waals surface area contributed by atoms with Crippen molar-refractivity contribution in [1.82, 2.24) is 19.1 Å². The number of fused-ring (bicyclic) bond motifs is 7. The van der Waals surface area contributed by atoms with Gasteiger partial charge in [-0.3, -0.25) is 0 Å². The van der Waals surface area contributed by atoms with E-state index in [2.05, 4.69) is 197 Å². The topological polar surface area (TPSA) is 35.6 Å². The molecule has 0 amide bonds. The molecule has 1 unspecified atom stereocenters. The van der Waals surface area contributed by atoms with E-state index in [0.29, 0.717) is 5.82 Å². The average molecular weight is 717 g/mol. The lowest BCUT2D eigenvalue weighted by atomic mass is 10.0. The van der Waals surface area contributed by atoms with E-state index in [1.165, 1.54) is 49.2 Å². The number of hydrogen-bond donors (Lipinski definition) is 0. The van der Waals surface area contributed by atoms with Gasteiger partial charge in [0, 0.05) is 49.4 Å². The Bertz CT molecular complexity index is 3150. The second-order valence-electron chi connectivity index (χ2n) is 14.5. The van der Waals surface area contributed by atoms with Crippen molar-refractivity contribution in [2.75, 3.05) is 0 Å². The summed E-state index contributed by atoms with van der Waals surface area (Å²) in [4.78, 5) is 10.3. The maximum absolute atomic E-state index is 5.22. The summed E-state index contributed by atoms with van der Waals surface area (Å²) in [7, 11) is 0. The van der Waals surface area contributed by atoms with Gasteiger partial charge in [-0.1, -0.05) is 158 Å². The van der Waals surface area contributed by atoms with Crippen LogP contribution in [0, 0.1) is 0 Å². The number of hydrogen-bond acceptors (Lipinski definition) is 2. The van der Waals surface area contributed by atoms with E-state index in [1.54, 1.807) is 0 Å². The van der Waals surface area contributed by atoms with Gasteiger partial charge in [0.15, 0.2) is 5.82 Å². The minimum Gasteiger partial charge on any atom is -0.333 e. The molecule has 0 radical (unpaired) electrons. The number of nitrogens with zero attached hydrogens (tertiary/aromatic N) is 4. The molecule has 0 bridgehead atoms. The van der Waals surface area contributed by atoms with Crippen molar-refractivity contribution in [2.24, 2.45) is 0 Å². The van der Waals surface area contributed by atoms with Crippen LogP contribution in [0.2, 0.25) is 0 Å². The SMILES string of the molecule is C1=CCC(n2c3ccccc3c3c4c(ccc32)c2ccccc2n4-c2ccc(-c3cc(-c4ccccc4)nc(-c4cccc(-c5ccccc5)c4)n3)cc2)C=C1. The normalized spacial score (nSPS) is 14.0. The van der Waals surface area contributed by atoms with Gasteiger partial charge in [0.2, 0.25) is 0 Å². The maximum Gasteiger partial charge on any atom is 0.160 e. The van der Waals surface area contributed by atoms with Gasteiger partial charge in [-0.05, 0) is 60.0 Å². The monoisotopic (exact) mass is 716 g/mol. The van der Waals surface area contributed by atoms with E-state index < -0.39 is 0 Å². The fraction of sp³-hybridized carbons (Fsp3) is 0.0385. The first-order valence-electron chi connectivity index (χ1n) is 19.3. The van der Waals surface area contributed by atoms with E-state index in [1.807, 2.05) is 12.1 Å². The van der Waals surface area contributed by atoms with Crippen molar-refractivity contribution >= 4 is 43.6 Å². The highest BCUT2D eigenvalue weighted by molar-refractivity contribution is 6.25. The number of benzene rings is 7. The van der Waals surface area contributed by atoms with Crippen molar-refractivity contribution in [3.05, 3.63) is 200 Å². The Morgan fingerprint density at radius 1 is 0.446 bits per heavy atom. The molecule has 1 atom stereocenters. The zero-order chi connectivity index (χ0) is 37.0. The molecule has 56 heavy (non-hydrogen) atoms. The highest BCUT2D eigenvalue weighted by atomic mass is 15.0. The van der Waals surface area contributed by atoms with Crippen LogP contribution in [-0.4, -0.2) is 19.1 Å². The molecule has 10 aromatic rings. The Kier molecular flexibility index (Phi) is 7.59. The zero-order valence-electron chi connectivity index (χ0n) is 30.6. The van der Waals surface area contributed by atoms with Crippen molar-refractivity contribution in [2.45, 2.75) is 12.5 Å². The fourth-order valence-electron chi connectivity index (χ4n) is 8.65. The minimum atomic E-state index is 0.260. The van der Waals surface area contributed by atoms with Crippen LogP contribution in [0.5, 0.6) is 0 Å². The van der Waals surface area contributed by atoms with Gasteiger partial charge in [-0.25, -0.2) is 9.97 Å². The predicted octanol–water partition coefficient (Wildman–Crippen LogP) is 13.4. The molecule has 1 aliphatic carbocycles. The largest absolute Gasteiger partial charge is 0.333 e. The third-order valence-corrected chi connectivity index (χ3v) is 11.2. The molecule has 1 aliphatic rings. The van der Waals surface area contributed by atoms with Gasteiger partial charge in [-0.15, -0.1) is 0 Å². The highest BCUT2D eigenvalue weighted by Gasteiger charge is 2.22. The molecular formula is C52H36N4. The molecule has 4 nitrogen and oxygen atoms in total. The van der Waals surface area contributed by atoms with E-state index in [0.717, 1.165) is 45.7 Å². The average Bonchev–Trinajstić information content (AvgIpc) is 3.80. The van der Waals surface area contributed by atoms with Crippen LogP contribution in [0.3, 0.4) is 0 Å². The molecular weight excluding hydrogens is 681 g/mol. The first-order valence-corrected chi connectivity index (χ1v) is 19.3. The van der Waals surface area contributed by atoms with Gasteiger partial charge in [0.25, 0.3) is 0 Å². The number of allylic oxidation sites excluding steroid dienone is 4. The van der Waals surface area contributed by atoms with Gasteiger partial charge in [0.05, 0.1) is 34.0 Å². The Morgan fingerprint density at radius 2 is 1.09 bits per heavy atom. The Morgan fingerprint density at radius 3 is 1.84 bits per heavy atom. The van der Waals surface area contributed by atoms with E-state index in [4.69, 9.17) is 9.97 Å². The smallest absolute Gasteiger partial charge is 0.160 e. The summed E-state index contributed by atoms with van der Waals surface area (Å²) in [6, 6.07) is 63.0. The molecule has 3 aromatic heterocycles. The first-order chi connectivity index (χ1) is 27.8. The summed E-state index contributed by atoms with van der Waals surface area (Å²) in [5, 5.41) is 5.06. The quantitative estimate of drug-likeness (QED) is 0.172. The van der Waals surface area contributed by atoms with Crippen LogP contribution in [0.15, 0.2) is 200 Å². The molecule has 11 rings (SSSR count). The van der Waals surface area contributed by atoms with E-state index >= 15 is 0 Å². The van der Waals surface area contributed by atoms with Gasteiger partial charge in [0.1, 0.15) is 0 Å². The summed E-state index contributed by atoms with van der Waals surface area (Å²) >= 11 is 0. The summed E-state index contributed by atoms with van der Waals surface area (Å²) in [5.41, 5.74) is 13.2. The molecule has 0 spiro atoms. The van der Waals surface area contributed by atoms with E-state index in [-0.39, 0.29) is 6.04 Å². The lowest BCUT2D eigenvalue weighted by Gasteiger charge is -2.18. The zero-order valence-corrected chi connectivity index (χ0v) is 30.6. The lowest BCUT2D eigenvalue weighted by Crippen LogP contribution is -2.06. The number of para-hydroxylation sites is 2. The second kappa shape index (κ2) is 13.2. The number of rotatable bonds is 6. The van der Waals surface area contributed by atoms with E-state index in [9.17, 15) is 0 Å². The molecule has 4 heteroatoms. The molecule has 0 saturated carbocycles. The number of aromatic nitrogens is 4. The molecule has 7 aromatic carbocycles. The van der Waals surface area contributed by atoms with Crippen LogP contribution < -0.4 is 0 Å². The third kappa shape index (κ3) is 5.30. The Balaban J connectivity index is 1.09. The van der Waals surface area contributed by atoms with Crippen LogP contribution in [0.1, 0.15) is 12.5 Å². The minimum absolute atomic E-state index is 0.260. The predicted molar refractivity (Wildman–Crippen MR) is 233 cm³/mol. The van der Waals surface area contributed by atoms with Crippen molar-refractivity contribution in [3.8, 4) is 50.7 Å². The summed E-state index contributed by atoms with van der Waals surface area (Å²) in [5.74, 6) is 0.702. The first kappa shape index (κ1) is 32.2. The van der Waals surface area contributed by atoms with Crippen molar-refractivity contribution < 1.29 is 0 Å². The van der Waals surface area contributed by atoms with Crippen LogP contribution in [-0.2, 0) is 0 Å². The maximum atomic E-state index is 5.22. The van der Waals surface area contributed by atoms with Crippen molar-refractivity contribution in [1.29, 1.82) is 0 Å². The van der Waals surface area contributed by atoms with Crippen molar-refractivity contribution in [3.63, 3.8) is 0 Å². The molecule has 0 N–H and O–H groups in total. The Labute approximate surface area is 325 Å². The second-order valence-corrected chi connectivity index (χ2v) is 14.5. The third-order valence-electron chi connectivity index (χ3n) is 11.2. The van der Waals surface area contributed by atoms with Crippen LogP contribution in [0.25, 0.3) is 94.3 Å². The highest BCUT2D eigenvalue weighted by Crippen LogP contribution is 2.43. The molecule has 0 aliphatic heterocycles. The van der Waals surface area contributed by atoms with Gasteiger partial charge < -0.3 is 9.13 Å². The molecule has 0 saturated heterocycles. The van der Waals surface area contributed by atoms with Gasteiger partial charge >= 0.3 is 0 Å². The molecule has 264 valence electrons. The summed E-state index contributed by atoms with van der Waals surface area (Å²) < 4.78 is 4.99.